The van der Waals surface area contributed by atoms with Crippen LogP contribution in [0.3, 0.4) is 0 Å². The van der Waals surface area contributed by atoms with E-state index in [2.05, 4.69) is 12.2 Å². The molecule has 80 valence electrons. The van der Waals surface area contributed by atoms with Gasteiger partial charge in [-0.15, -0.1) is 0 Å². The highest BCUT2D eigenvalue weighted by atomic mass is 32.1. The summed E-state index contributed by atoms with van der Waals surface area (Å²) in [6.07, 6.45) is 0.835. The van der Waals surface area contributed by atoms with E-state index in [1.165, 1.54) is 0 Å². The summed E-state index contributed by atoms with van der Waals surface area (Å²) in [6.45, 7) is 2.08. The van der Waals surface area contributed by atoms with Crippen molar-refractivity contribution in [2.45, 2.75) is 19.4 Å². The molecule has 2 N–H and O–H groups in total. The number of anilines is 2. The highest BCUT2D eigenvalue weighted by Crippen LogP contribution is 2.32. The highest BCUT2D eigenvalue weighted by molar-refractivity contribution is 7.80. The molecule has 3 nitrogen and oxygen atoms in total. The highest BCUT2D eigenvalue weighted by Gasteiger charge is 2.19. The zero-order valence-electron chi connectivity index (χ0n) is 8.82. The molecule has 1 heterocycles. The fraction of sp³-hybridized carbons (Fsp3) is 0.364. The van der Waals surface area contributed by atoms with Crippen molar-refractivity contribution in [1.29, 1.82) is 0 Å². The second-order valence-electron chi connectivity index (χ2n) is 3.90. The van der Waals surface area contributed by atoms with E-state index in [1.807, 2.05) is 18.0 Å². The molecule has 0 bridgehead atoms. The van der Waals surface area contributed by atoms with Gasteiger partial charge in [-0.25, -0.2) is 0 Å². The Labute approximate surface area is 94.7 Å². The van der Waals surface area contributed by atoms with E-state index in [9.17, 15) is 5.11 Å². The lowest BCUT2D eigenvalue weighted by Gasteiger charge is -2.19. The summed E-state index contributed by atoms with van der Waals surface area (Å²) in [5, 5.41) is 12.8. The minimum Gasteiger partial charge on any atom is -0.508 e. The normalized spacial score (nSPS) is 20.5. The Balaban J connectivity index is 2.49. The van der Waals surface area contributed by atoms with E-state index < -0.39 is 0 Å². The summed E-state index contributed by atoms with van der Waals surface area (Å²) in [5.74, 6) is 0.273. The lowest BCUT2D eigenvalue weighted by Crippen LogP contribution is -2.25. The first-order chi connectivity index (χ1) is 7.08. The van der Waals surface area contributed by atoms with E-state index in [0.717, 1.165) is 22.8 Å². The molecule has 0 aromatic heterocycles. The van der Waals surface area contributed by atoms with Crippen molar-refractivity contribution in [3.8, 4) is 5.75 Å². The third kappa shape index (κ3) is 1.90. The van der Waals surface area contributed by atoms with Gasteiger partial charge >= 0.3 is 0 Å². The summed E-state index contributed by atoms with van der Waals surface area (Å²) in [4.78, 5) is 2.90. The Morgan fingerprint density at radius 2 is 2.27 bits per heavy atom. The van der Waals surface area contributed by atoms with Crippen LogP contribution in [0.25, 0.3) is 0 Å². The smallest absolute Gasteiger partial charge is 0.117 e. The molecule has 4 heteroatoms. The summed E-state index contributed by atoms with van der Waals surface area (Å²) >= 11 is 5.32. The molecule has 0 aliphatic carbocycles. The van der Waals surface area contributed by atoms with Gasteiger partial charge in [0.1, 0.15) is 5.75 Å². The number of rotatable bonds is 0. The molecule has 2 rings (SSSR count). The maximum absolute atomic E-state index is 9.43. The monoisotopic (exact) mass is 222 g/mol. The molecule has 15 heavy (non-hydrogen) atoms. The van der Waals surface area contributed by atoms with Crippen molar-refractivity contribution in [2.75, 3.05) is 17.3 Å². The lowest BCUT2D eigenvalue weighted by atomic mass is 10.2. The van der Waals surface area contributed by atoms with Gasteiger partial charge in [-0.05, 0) is 19.1 Å². The summed E-state index contributed by atoms with van der Waals surface area (Å²) in [5.41, 5.74) is 1.95. The van der Waals surface area contributed by atoms with Crippen LogP contribution in [0.1, 0.15) is 13.3 Å². The molecule has 0 unspecified atom stereocenters. The largest absolute Gasteiger partial charge is 0.508 e. The second-order valence-corrected chi connectivity index (χ2v) is 4.37. The predicted octanol–water partition coefficient (Wildman–Crippen LogP) is 2.36. The maximum Gasteiger partial charge on any atom is 0.117 e. The van der Waals surface area contributed by atoms with Gasteiger partial charge in [0.2, 0.25) is 0 Å². The third-order valence-electron chi connectivity index (χ3n) is 2.60. The number of phenols is 1. The van der Waals surface area contributed by atoms with Crippen molar-refractivity contribution in [3.63, 3.8) is 0 Å². The zero-order valence-corrected chi connectivity index (χ0v) is 9.64. The molecule has 0 fully saturated rings. The Kier molecular flexibility index (Phi) is 2.52. The number of benzene rings is 1. The number of aromatic hydroxyl groups is 1. The van der Waals surface area contributed by atoms with E-state index in [1.54, 1.807) is 12.1 Å². The van der Waals surface area contributed by atoms with Gasteiger partial charge in [0, 0.05) is 25.6 Å². The molecule has 1 aromatic carbocycles. The quantitative estimate of drug-likeness (QED) is 0.661. The Morgan fingerprint density at radius 1 is 1.53 bits per heavy atom. The van der Waals surface area contributed by atoms with Crippen LogP contribution in [-0.4, -0.2) is 23.2 Å². The SMILES string of the molecule is C[C@H]1CC(=S)N(C)c2ccc(O)cc2N1. The van der Waals surface area contributed by atoms with Crippen LogP contribution in [-0.2, 0) is 0 Å². The van der Waals surface area contributed by atoms with Crippen molar-refractivity contribution in [3.05, 3.63) is 18.2 Å². The predicted molar refractivity (Wildman–Crippen MR) is 66.8 cm³/mol. The first-order valence-corrected chi connectivity index (χ1v) is 5.35. The van der Waals surface area contributed by atoms with Gasteiger partial charge in [0.15, 0.2) is 0 Å². The Hall–Kier alpha value is -1.29. The molecule has 0 spiro atoms. The first-order valence-electron chi connectivity index (χ1n) is 4.94. The second kappa shape index (κ2) is 3.70. The molecule has 0 saturated heterocycles. The number of thiocarbonyl (C=S) groups is 1. The van der Waals surface area contributed by atoms with Gasteiger partial charge in [-0.3, -0.25) is 0 Å². The Bertz CT molecular complexity index is 406. The molecular formula is C11H14N2OS. The minimum atomic E-state index is 0.273. The minimum absolute atomic E-state index is 0.273. The molecule has 1 aromatic rings. The summed E-state index contributed by atoms with van der Waals surface area (Å²) in [7, 11) is 1.96. The number of phenolic OH excluding ortho intramolecular Hbond substituents is 1. The van der Waals surface area contributed by atoms with Gasteiger partial charge in [-0.2, -0.15) is 0 Å². The zero-order chi connectivity index (χ0) is 11.0. The van der Waals surface area contributed by atoms with Crippen LogP contribution in [0, 0.1) is 0 Å². The van der Waals surface area contributed by atoms with Crippen LogP contribution in [0.4, 0.5) is 11.4 Å². The maximum atomic E-state index is 9.43. The van der Waals surface area contributed by atoms with E-state index in [-0.39, 0.29) is 5.75 Å². The standard InChI is InChI=1S/C11H14N2OS/c1-7-5-11(15)13(2)10-4-3-8(14)6-9(10)12-7/h3-4,6-7,12,14H,5H2,1-2H3/t7-/m0/s1. The summed E-state index contributed by atoms with van der Waals surface area (Å²) in [6, 6.07) is 5.58. The van der Waals surface area contributed by atoms with Gasteiger partial charge in [0.05, 0.1) is 16.4 Å². The van der Waals surface area contributed by atoms with Gasteiger partial charge < -0.3 is 15.3 Å². The average molecular weight is 222 g/mol. The van der Waals surface area contributed by atoms with E-state index >= 15 is 0 Å². The van der Waals surface area contributed by atoms with Crippen LogP contribution in [0.5, 0.6) is 5.75 Å². The van der Waals surface area contributed by atoms with E-state index in [4.69, 9.17) is 12.2 Å². The number of hydrogen-bond acceptors (Lipinski definition) is 3. The topological polar surface area (TPSA) is 35.5 Å². The van der Waals surface area contributed by atoms with Crippen LogP contribution >= 0.6 is 12.2 Å². The molecule has 0 saturated carbocycles. The van der Waals surface area contributed by atoms with Gasteiger partial charge in [-0.1, -0.05) is 12.2 Å². The van der Waals surface area contributed by atoms with Crippen molar-refractivity contribution < 1.29 is 5.11 Å². The third-order valence-corrected chi connectivity index (χ3v) is 3.04. The first kappa shape index (κ1) is 10.2. The fourth-order valence-electron chi connectivity index (χ4n) is 1.78. The van der Waals surface area contributed by atoms with Gasteiger partial charge in [0.25, 0.3) is 0 Å². The number of fused-ring (bicyclic) bond motifs is 1. The lowest BCUT2D eigenvalue weighted by molar-refractivity contribution is 0.475. The van der Waals surface area contributed by atoms with Crippen LogP contribution < -0.4 is 10.2 Å². The number of hydrogen-bond donors (Lipinski definition) is 2. The van der Waals surface area contributed by atoms with Crippen LogP contribution in [0.15, 0.2) is 18.2 Å². The molecular weight excluding hydrogens is 208 g/mol. The van der Waals surface area contributed by atoms with E-state index in [0.29, 0.717) is 6.04 Å². The van der Waals surface area contributed by atoms with Crippen molar-refractivity contribution >= 4 is 28.6 Å². The molecule has 0 amide bonds. The molecule has 1 aliphatic rings. The molecule has 1 atom stereocenters. The molecule has 1 aliphatic heterocycles. The van der Waals surface area contributed by atoms with Crippen LogP contribution in [0.2, 0.25) is 0 Å². The number of nitrogens with zero attached hydrogens (tertiary/aromatic N) is 1. The van der Waals surface area contributed by atoms with Crippen molar-refractivity contribution in [2.24, 2.45) is 0 Å². The average Bonchev–Trinajstić information content (AvgIpc) is 2.25. The molecule has 0 radical (unpaired) electrons. The fourth-order valence-corrected chi connectivity index (χ4v) is 2.13. The number of nitrogens with one attached hydrogen (secondary N) is 1. The van der Waals surface area contributed by atoms with Crippen molar-refractivity contribution in [1.82, 2.24) is 0 Å². The summed E-state index contributed by atoms with van der Waals surface area (Å²) < 4.78 is 0. The Morgan fingerprint density at radius 3 is 3.00 bits per heavy atom.